The maximum Gasteiger partial charge on any atom is 0.264 e. The van der Waals surface area contributed by atoms with Crippen LogP contribution in [0, 0.1) is 28.9 Å². The van der Waals surface area contributed by atoms with Gasteiger partial charge in [0.15, 0.2) is 17.2 Å². The molecule has 1 aliphatic heterocycles. The molecule has 5 rings (SSSR count). The lowest BCUT2D eigenvalue weighted by Gasteiger charge is -2.24. The zero-order valence-corrected chi connectivity index (χ0v) is 22.0. The van der Waals surface area contributed by atoms with Crippen molar-refractivity contribution in [3.05, 3.63) is 72.1 Å². The SMILES string of the molecule is CC(C)/C=C(\C#N)C(=O)N1CCC[C@@H]1Cn1nc(-c2ccc(Oc3cccc(F)c3F)cc2)c2c(N)ncnc21. The van der Waals surface area contributed by atoms with Gasteiger partial charge in [-0.25, -0.2) is 19.0 Å². The van der Waals surface area contributed by atoms with E-state index in [0.29, 0.717) is 41.1 Å². The van der Waals surface area contributed by atoms with Crippen LogP contribution in [0.1, 0.15) is 26.7 Å². The van der Waals surface area contributed by atoms with Crippen LogP contribution in [-0.2, 0) is 11.3 Å². The van der Waals surface area contributed by atoms with E-state index in [2.05, 4.69) is 9.97 Å². The van der Waals surface area contributed by atoms with Gasteiger partial charge in [-0.2, -0.15) is 14.8 Å². The number of benzene rings is 2. The first-order valence-corrected chi connectivity index (χ1v) is 12.9. The predicted molar refractivity (Wildman–Crippen MR) is 145 cm³/mol. The first-order chi connectivity index (χ1) is 19.3. The van der Waals surface area contributed by atoms with E-state index in [1.165, 1.54) is 18.5 Å². The summed E-state index contributed by atoms with van der Waals surface area (Å²) in [5.41, 5.74) is 8.11. The standard InChI is InChI=1S/C29H27F2N7O2/c1-17(2)13-19(14-32)29(39)37-12-4-5-20(37)15-38-28-24(27(33)34-16-35-28)26(36-38)18-8-10-21(11-9-18)40-23-7-3-6-22(30)25(23)31/h3,6-11,13,16-17,20H,4-5,12,15H2,1-2H3,(H2,33,34,35)/b19-13+/t20-/m1/s1. The number of amides is 1. The molecule has 1 aliphatic rings. The summed E-state index contributed by atoms with van der Waals surface area (Å²) in [7, 11) is 0. The lowest BCUT2D eigenvalue weighted by atomic mass is 10.1. The highest BCUT2D eigenvalue weighted by molar-refractivity contribution is 5.99. The highest BCUT2D eigenvalue weighted by atomic mass is 19.2. The number of ether oxygens (including phenoxy) is 1. The van der Waals surface area contributed by atoms with Crippen molar-refractivity contribution in [1.29, 1.82) is 5.26 Å². The summed E-state index contributed by atoms with van der Waals surface area (Å²) in [6.07, 6.45) is 4.61. The van der Waals surface area contributed by atoms with Gasteiger partial charge in [-0.05, 0) is 55.2 Å². The molecule has 9 nitrogen and oxygen atoms in total. The Hall–Kier alpha value is -4.85. The highest BCUT2D eigenvalue weighted by Crippen LogP contribution is 2.33. The fraction of sp³-hybridized carbons (Fsp3) is 0.276. The van der Waals surface area contributed by atoms with E-state index in [9.17, 15) is 18.8 Å². The Morgan fingerprint density at radius 3 is 2.73 bits per heavy atom. The molecule has 0 aliphatic carbocycles. The van der Waals surface area contributed by atoms with Gasteiger partial charge >= 0.3 is 0 Å². The van der Waals surface area contributed by atoms with Crippen molar-refractivity contribution in [3.63, 3.8) is 0 Å². The molecule has 2 aromatic carbocycles. The van der Waals surface area contributed by atoms with Crippen molar-refractivity contribution in [2.24, 2.45) is 5.92 Å². The van der Waals surface area contributed by atoms with E-state index in [1.807, 2.05) is 19.9 Å². The quantitative estimate of drug-likeness (QED) is 0.250. The van der Waals surface area contributed by atoms with E-state index in [1.54, 1.807) is 39.9 Å². The number of nitrogens with two attached hydrogens (primary N) is 1. The molecule has 0 radical (unpaired) electrons. The molecular weight excluding hydrogens is 516 g/mol. The van der Waals surface area contributed by atoms with Crippen molar-refractivity contribution in [2.75, 3.05) is 12.3 Å². The molecular formula is C29H27F2N7O2. The van der Waals surface area contributed by atoms with Gasteiger partial charge in [0, 0.05) is 12.1 Å². The summed E-state index contributed by atoms with van der Waals surface area (Å²) in [6.45, 7) is 4.76. The van der Waals surface area contributed by atoms with Gasteiger partial charge in [0.1, 0.15) is 35.2 Å². The second-order valence-corrected chi connectivity index (χ2v) is 9.90. The molecule has 2 aromatic heterocycles. The van der Waals surface area contributed by atoms with Crippen LogP contribution in [0.2, 0.25) is 0 Å². The first kappa shape index (κ1) is 26.7. The topological polar surface area (TPSA) is 123 Å². The summed E-state index contributed by atoms with van der Waals surface area (Å²) in [5, 5.41) is 14.9. The van der Waals surface area contributed by atoms with Gasteiger partial charge < -0.3 is 15.4 Å². The number of carbonyl (C=O) groups is 1. The third kappa shape index (κ3) is 5.20. The monoisotopic (exact) mass is 543 g/mol. The third-order valence-corrected chi connectivity index (χ3v) is 6.70. The molecule has 1 atom stereocenters. The van der Waals surface area contributed by atoms with Crippen LogP contribution in [0.5, 0.6) is 11.5 Å². The fourth-order valence-electron chi connectivity index (χ4n) is 4.87. The summed E-state index contributed by atoms with van der Waals surface area (Å²) in [4.78, 5) is 23.5. The second kappa shape index (κ2) is 11.1. The molecule has 0 spiro atoms. The van der Waals surface area contributed by atoms with Gasteiger partial charge in [0.25, 0.3) is 5.91 Å². The average molecular weight is 544 g/mol. The second-order valence-electron chi connectivity index (χ2n) is 9.90. The van der Waals surface area contributed by atoms with Crippen LogP contribution in [0.15, 0.2) is 60.4 Å². The van der Waals surface area contributed by atoms with Gasteiger partial charge in [0.05, 0.1) is 18.0 Å². The number of anilines is 1. The molecule has 4 aromatic rings. The van der Waals surface area contributed by atoms with Crippen LogP contribution in [0.3, 0.4) is 0 Å². The molecule has 1 amide bonds. The molecule has 1 fully saturated rings. The molecule has 11 heteroatoms. The number of rotatable bonds is 7. The number of nitrogens with zero attached hydrogens (tertiary/aromatic N) is 6. The van der Waals surface area contributed by atoms with Crippen molar-refractivity contribution >= 4 is 22.8 Å². The molecule has 0 unspecified atom stereocenters. The van der Waals surface area contributed by atoms with Gasteiger partial charge in [-0.15, -0.1) is 0 Å². The zero-order chi connectivity index (χ0) is 28.4. The highest BCUT2D eigenvalue weighted by Gasteiger charge is 2.32. The predicted octanol–water partition coefficient (Wildman–Crippen LogP) is 5.24. The van der Waals surface area contributed by atoms with E-state index in [-0.39, 0.29) is 35.0 Å². The molecule has 0 bridgehead atoms. The van der Waals surface area contributed by atoms with Gasteiger partial charge in [-0.1, -0.05) is 26.0 Å². The number of fused-ring (bicyclic) bond motifs is 1. The number of likely N-dealkylation sites (tertiary alicyclic amines) is 1. The van der Waals surface area contributed by atoms with Crippen LogP contribution in [-0.4, -0.2) is 43.1 Å². The summed E-state index contributed by atoms with van der Waals surface area (Å²) >= 11 is 0. The number of nitriles is 1. The summed E-state index contributed by atoms with van der Waals surface area (Å²) in [5.74, 6) is -1.94. The minimum Gasteiger partial charge on any atom is -0.454 e. The minimum atomic E-state index is -1.07. The van der Waals surface area contributed by atoms with Crippen LogP contribution >= 0.6 is 0 Å². The molecule has 2 N–H and O–H groups in total. The minimum absolute atomic E-state index is 0.0709. The lowest BCUT2D eigenvalue weighted by molar-refractivity contribution is -0.127. The Bertz CT molecular complexity index is 1640. The van der Waals surface area contributed by atoms with Crippen LogP contribution in [0.25, 0.3) is 22.3 Å². The van der Waals surface area contributed by atoms with Crippen molar-refractivity contribution in [3.8, 4) is 28.8 Å². The van der Waals surface area contributed by atoms with E-state index in [4.69, 9.17) is 15.6 Å². The lowest BCUT2D eigenvalue weighted by Crippen LogP contribution is -2.39. The normalized spacial score (nSPS) is 15.6. The summed E-state index contributed by atoms with van der Waals surface area (Å²) < 4.78 is 34.8. The van der Waals surface area contributed by atoms with Crippen LogP contribution < -0.4 is 10.5 Å². The number of aromatic nitrogens is 4. The third-order valence-electron chi connectivity index (χ3n) is 6.70. The maximum atomic E-state index is 14.0. The Morgan fingerprint density at radius 1 is 1.23 bits per heavy atom. The molecule has 1 saturated heterocycles. The van der Waals surface area contributed by atoms with E-state index in [0.717, 1.165) is 18.9 Å². The molecule has 0 saturated carbocycles. The zero-order valence-electron chi connectivity index (χ0n) is 22.0. The Kier molecular flexibility index (Phi) is 7.42. The van der Waals surface area contributed by atoms with Crippen molar-refractivity contribution in [2.45, 2.75) is 39.3 Å². The van der Waals surface area contributed by atoms with Gasteiger partial charge in [-0.3, -0.25) is 4.79 Å². The number of nitrogen functional groups attached to an aromatic ring is 1. The number of carbonyl (C=O) groups excluding carboxylic acids is 1. The number of allylic oxidation sites excluding steroid dienone is 1. The number of hydrogen-bond acceptors (Lipinski definition) is 7. The van der Waals surface area contributed by atoms with E-state index >= 15 is 0 Å². The largest absolute Gasteiger partial charge is 0.454 e. The van der Waals surface area contributed by atoms with Crippen molar-refractivity contribution < 1.29 is 18.3 Å². The number of halogens is 2. The summed E-state index contributed by atoms with van der Waals surface area (Å²) in [6, 6.07) is 12.3. The molecule has 40 heavy (non-hydrogen) atoms. The first-order valence-electron chi connectivity index (χ1n) is 12.9. The maximum absolute atomic E-state index is 14.0. The van der Waals surface area contributed by atoms with Gasteiger partial charge in [0.2, 0.25) is 5.82 Å². The molecule has 204 valence electrons. The Balaban J connectivity index is 1.44. The average Bonchev–Trinajstić information content (AvgIpc) is 3.56. The Labute approximate surface area is 229 Å². The smallest absolute Gasteiger partial charge is 0.264 e. The fourth-order valence-corrected chi connectivity index (χ4v) is 4.87. The van der Waals surface area contributed by atoms with Crippen LogP contribution in [0.4, 0.5) is 14.6 Å². The number of hydrogen-bond donors (Lipinski definition) is 1. The van der Waals surface area contributed by atoms with Crippen molar-refractivity contribution in [1.82, 2.24) is 24.6 Å². The van der Waals surface area contributed by atoms with E-state index < -0.39 is 11.6 Å². The molecule has 3 heterocycles. The Morgan fingerprint density at radius 2 is 2.00 bits per heavy atom.